The number of hydrogen-bond donors (Lipinski definition) is 0. The first kappa shape index (κ1) is 17.2. The van der Waals surface area contributed by atoms with Gasteiger partial charge in [-0.05, 0) is 0 Å². The van der Waals surface area contributed by atoms with Gasteiger partial charge in [0.25, 0.3) is 0 Å². The van der Waals surface area contributed by atoms with Gasteiger partial charge in [0, 0.05) is 0 Å². The summed E-state index contributed by atoms with van der Waals surface area (Å²) in [7, 11) is -3.43. The molecule has 0 aliphatic carbocycles. The topological polar surface area (TPSA) is 43.4 Å². The first-order chi connectivity index (χ1) is 8.96. The molecule has 108 valence electrons. The molecule has 0 N–H and O–H groups in total. The molecular formula is C13H17I2O3S-. The van der Waals surface area contributed by atoms with Crippen molar-refractivity contribution in [2.45, 2.75) is 10.5 Å². The van der Waals surface area contributed by atoms with Crippen LogP contribution in [-0.2, 0) is 20.7 Å². The zero-order valence-corrected chi connectivity index (χ0v) is 16.0. The molecule has 0 aliphatic rings. The van der Waals surface area contributed by atoms with Crippen molar-refractivity contribution in [1.29, 1.82) is 0 Å². The Hall–Kier alpha value is 0.150. The molecule has 19 heavy (non-hydrogen) atoms. The number of hydrogen-bond acceptors (Lipinski definition) is 3. The quantitative estimate of drug-likeness (QED) is 0.213. The molecule has 0 amide bonds. The van der Waals surface area contributed by atoms with Crippen LogP contribution < -0.4 is 17.2 Å². The van der Waals surface area contributed by atoms with E-state index in [0.29, 0.717) is 6.42 Å². The van der Waals surface area contributed by atoms with Crippen molar-refractivity contribution in [3.63, 3.8) is 0 Å². The van der Waals surface area contributed by atoms with Crippen LogP contribution in [0.4, 0.5) is 0 Å². The van der Waals surface area contributed by atoms with Crippen LogP contribution in [0.2, 0.25) is 0 Å². The zero-order valence-electron chi connectivity index (χ0n) is 10.8. The number of terminal acetylenes is 1. The second kappa shape index (κ2) is 8.44. The van der Waals surface area contributed by atoms with Gasteiger partial charge in [-0.3, -0.25) is 0 Å². The second-order valence-electron chi connectivity index (χ2n) is 3.72. The Labute approximate surface area is 129 Å². The molecule has 1 aromatic carbocycles. The first-order valence-electron chi connectivity index (χ1n) is 5.46. The molecule has 0 aromatic heterocycles. The Balaban J connectivity index is 2.89. The van der Waals surface area contributed by atoms with Crippen LogP contribution in [-0.4, -0.2) is 28.1 Å². The molecule has 1 aromatic rings. The Bertz CT molecular complexity index is 523. The maximum absolute atomic E-state index is 11.4. The molecular weight excluding hydrogens is 490 g/mol. The fourth-order valence-corrected chi connectivity index (χ4v) is 15.8. The van der Waals surface area contributed by atoms with Gasteiger partial charge in [0.2, 0.25) is 0 Å². The zero-order chi connectivity index (χ0) is 14.3. The van der Waals surface area contributed by atoms with Gasteiger partial charge in [-0.1, -0.05) is 0 Å². The fraction of sp³-hybridized carbons (Fsp3) is 0.385. The molecule has 6 heteroatoms. The van der Waals surface area contributed by atoms with Crippen LogP contribution in [0, 0.1) is 12.3 Å². The van der Waals surface area contributed by atoms with Crippen LogP contribution in [0.15, 0.2) is 30.3 Å². The molecule has 0 spiro atoms. The third-order valence-electron chi connectivity index (χ3n) is 2.17. The van der Waals surface area contributed by atoms with Gasteiger partial charge in [-0.15, -0.1) is 0 Å². The summed E-state index contributed by atoms with van der Waals surface area (Å²) in [6.07, 6.45) is 7.16. The Morgan fingerprint density at radius 1 is 1.42 bits per heavy atom. The van der Waals surface area contributed by atoms with Gasteiger partial charge in [0.05, 0.1) is 0 Å². The van der Waals surface area contributed by atoms with E-state index in [1.807, 2.05) is 30.3 Å². The van der Waals surface area contributed by atoms with Gasteiger partial charge in [-0.2, -0.15) is 0 Å². The van der Waals surface area contributed by atoms with E-state index in [2.05, 4.69) is 10.9 Å². The average molecular weight is 507 g/mol. The Kier molecular flexibility index (Phi) is 7.64. The molecule has 0 radical (unpaired) electrons. The fourth-order valence-electron chi connectivity index (χ4n) is 1.45. The molecule has 0 bridgehead atoms. The second-order valence-corrected chi connectivity index (χ2v) is 22.7. The standard InChI is InChI=1S/C13H17I2O3S/c1-4-10-15(14-2)13(18-19(3,16)17)11-12-8-6-5-7-9-12/h1,5-9,13H,10-11H2,2-3H3/q-1. The van der Waals surface area contributed by atoms with Gasteiger partial charge in [-0.25, -0.2) is 0 Å². The molecule has 3 nitrogen and oxygen atoms in total. The normalized spacial score (nSPS) is 13.8. The van der Waals surface area contributed by atoms with Crippen molar-refractivity contribution in [3.05, 3.63) is 35.9 Å². The third-order valence-corrected chi connectivity index (χ3v) is 20.0. The van der Waals surface area contributed by atoms with Crippen LogP contribution >= 0.6 is 15.8 Å². The summed E-state index contributed by atoms with van der Waals surface area (Å²) in [6.45, 7) is 0. The van der Waals surface area contributed by atoms with E-state index in [1.165, 1.54) is 0 Å². The summed E-state index contributed by atoms with van der Waals surface area (Å²) >= 11 is -1.55. The van der Waals surface area contributed by atoms with E-state index in [9.17, 15) is 8.42 Å². The number of benzene rings is 1. The van der Waals surface area contributed by atoms with Crippen molar-refractivity contribution in [2.24, 2.45) is 0 Å². The summed E-state index contributed by atoms with van der Waals surface area (Å²) in [5.74, 6) is 2.69. The Morgan fingerprint density at radius 2 is 2.05 bits per heavy atom. The van der Waals surface area contributed by atoms with E-state index >= 15 is 0 Å². The molecule has 0 heterocycles. The maximum atomic E-state index is 11.4. The molecule has 0 aliphatic heterocycles. The molecule has 1 atom stereocenters. The van der Waals surface area contributed by atoms with Crippen LogP contribution in [0.1, 0.15) is 5.56 Å². The SMILES string of the molecule is C#CCI([I-]C)C(Cc1ccccc1)OS(C)(=O)=O. The van der Waals surface area contributed by atoms with E-state index < -0.39 is 26.0 Å². The van der Waals surface area contributed by atoms with Gasteiger partial charge < -0.3 is 0 Å². The van der Waals surface area contributed by atoms with Crippen LogP contribution in [0.5, 0.6) is 0 Å². The van der Waals surface area contributed by atoms with Crippen LogP contribution in [0.25, 0.3) is 0 Å². The van der Waals surface area contributed by atoms with E-state index in [1.54, 1.807) is 0 Å². The van der Waals surface area contributed by atoms with E-state index in [4.69, 9.17) is 10.6 Å². The van der Waals surface area contributed by atoms with Gasteiger partial charge in [0.15, 0.2) is 0 Å². The number of alkyl halides is 3. The number of halogens is 2. The summed E-state index contributed by atoms with van der Waals surface area (Å²) in [5, 5.41) is 0. The van der Waals surface area contributed by atoms with Crippen molar-refractivity contribution >= 4 is 26.0 Å². The summed E-state index contributed by atoms with van der Waals surface area (Å²) < 4.78 is 28.7. The minimum absolute atomic E-state index is 0.0334. The van der Waals surface area contributed by atoms with Crippen molar-refractivity contribution in [3.8, 4) is 12.3 Å². The predicted molar refractivity (Wildman–Crippen MR) is 83.5 cm³/mol. The van der Waals surface area contributed by atoms with E-state index in [0.717, 1.165) is 16.2 Å². The molecule has 0 saturated carbocycles. The van der Waals surface area contributed by atoms with Gasteiger partial charge in [0.1, 0.15) is 0 Å². The summed E-state index contributed by atoms with van der Waals surface area (Å²) in [4.78, 5) is 2.17. The molecule has 1 rings (SSSR count). The average Bonchev–Trinajstić information content (AvgIpc) is 2.35. The predicted octanol–water partition coefficient (Wildman–Crippen LogP) is -0.695. The monoisotopic (exact) mass is 507 g/mol. The Morgan fingerprint density at radius 3 is 2.53 bits per heavy atom. The summed E-state index contributed by atoms with van der Waals surface area (Å²) in [5.41, 5.74) is 1.10. The minimum atomic E-state index is -3.43. The van der Waals surface area contributed by atoms with Crippen molar-refractivity contribution in [1.82, 2.24) is 0 Å². The number of rotatable bonds is 7. The first-order valence-corrected chi connectivity index (χ1v) is 18.5. The summed E-state index contributed by atoms with van der Waals surface area (Å²) in [6, 6.07) is 9.84. The van der Waals surface area contributed by atoms with E-state index in [-0.39, 0.29) is 21.3 Å². The molecule has 0 fully saturated rings. The van der Waals surface area contributed by atoms with Crippen molar-refractivity contribution < 1.29 is 29.8 Å². The molecule has 1 unspecified atom stereocenters. The van der Waals surface area contributed by atoms with Crippen LogP contribution in [0.3, 0.4) is 0 Å². The molecule has 0 saturated heterocycles. The van der Waals surface area contributed by atoms with Gasteiger partial charge >= 0.3 is 130 Å². The van der Waals surface area contributed by atoms with Crippen molar-refractivity contribution in [2.75, 3.05) is 15.6 Å². The third kappa shape index (κ3) is 6.92.